The predicted molar refractivity (Wildman–Crippen MR) is 106 cm³/mol. The lowest BCUT2D eigenvalue weighted by molar-refractivity contribution is -0.118. The van der Waals surface area contributed by atoms with Crippen molar-refractivity contribution in [3.05, 3.63) is 57.8 Å². The maximum absolute atomic E-state index is 10.9. The lowest BCUT2D eigenvalue weighted by atomic mass is 10.2. The van der Waals surface area contributed by atoms with Crippen molar-refractivity contribution in [1.82, 2.24) is 10.7 Å². The summed E-state index contributed by atoms with van der Waals surface area (Å²) >= 11 is 3.40. The molecule has 0 radical (unpaired) electrons. The first-order valence-electron chi connectivity index (χ1n) is 8.08. The number of hydrogen-bond donors (Lipinski definition) is 2. The van der Waals surface area contributed by atoms with E-state index < -0.39 is 0 Å². The summed E-state index contributed by atoms with van der Waals surface area (Å²) in [5, 5.41) is 8.15. The molecule has 1 aliphatic heterocycles. The van der Waals surface area contributed by atoms with Crippen molar-refractivity contribution in [3.63, 3.8) is 0 Å². The summed E-state index contributed by atoms with van der Waals surface area (Å²) < 4.78 is 0. The molecule has 130 valence electrons. The molecule has 1 aromatic carbocycles. The second-order valence-electron chi connectivity index (χ2n) is 5.56. The zero-order valence-electron chi connectivity index (χ0n) is 14.0. The van der Waals surface area contributed by atoms with E-state index in [4.69, 9.17) is 0 Å². The number of nitrogens with one attached hydrogen (secondary N) is 2. The van der Waals surface area contributed by atoms with Crippen LogP contribution in [0.25, 0.3) is 0 Å². The molecule has 0 saturated carbocycles. The van der Waals surface area contributed by atoms with Crippen molar-refractivity contribution in [3.8, 4) is 0 Å². The van der Waals surface area contributed by atoms with Gasteiger partial charge in [-0.15, -0.1) is 11.3 Å². The molecular weight excluding hydrogens is 352 g/mol. The quantitative estimate of drug-likeness (QED) is 0.819. The van der Waals surface area contributed by atoms with Crippen LogP contribution in [0.5, 0.6) is 0 Å². The molecule has 0 spiro atoms. The lowest BCUT2D eigenvalue weighted by Gasteiger charge is -2.13. The van der Waals surface area contributed by atoms with Crippen molar-refractivity contribution in [2.24, 2.45) is 10.1 Å². The molecule has 0 bridgehead atoms. The summed E-state index contributed by atoms with van der Waals surface area (Å²) in [6.45, 7) is 2.87. The number of thioether (sulfide) groups is 1. The van der Waals surface area contributed by atoms with Gasteiger partial charge >= 0.3 is 0 Å². The molecule has 0 fully saturated rings. The minimum Gasteiger partial charge on any atom is -0.356 e. The Morgan fingerprint density at radius 3 is 2.84 bits per heavy atom. The molecule has 1 aromatic heterocycles. The van der Waals surface area contributed by atoms with E-state index in [2.05, 4.69) is 45.1 Å². The second-order valence-corrected chi connectivity index (χ2v) is 7.70. The van der Waals surface area contributed by atoms with Crippen LogP contribution in [0.2, 0.25) is 0 Å². The van der Waals surface area contributed by atoms with Gasteiger partial charge in [0.05, 0.1) is 17.1 Å². The van der Waals surface area contributed by atoms with Crippen LogP contribution in [0.1, 0.15) is 22.2 Å². The predicted octanol–water partition coefficient (Wildman–Crippen LogP) is 3.02. The molecule has 2 aromatic rings. The van der Waals surface area contributed by atoms with Crippen molar-refractivity contribution in [2.45, 2.75) is 19.9 Å². The summed E-state index contributed by atoms with van der Waals surface area (Å²) in [6, 6.07) is 14.4. The fourth-order valence-corrected chi connectivity index (χ4v) is 4.14. The third-order valence-electron chi connectivity index (χ3n) is 3.57. The van der Waals surface area contributed by atoms with Crippen LogP contribution in [0, 0.1) is 0 Å². The Morgan fingerprint density at radius 2 is 2.12 bits per heavy atom. The number of aliphatic imine (C=N–C) groups is 1. The number of carbonyl (C=O) groups is 1. The first kappa shape index (κ1) is 17.7. The number of hydrogen-bond acceptors (Lipinski definition) is 5. The topological polar surface area (TPSA) is 65.8 Å². The van der Waals surface area contributed by atoms with E-state index in [-0.39, 0.29) is 5.91 Å². The zero-order valence-corrected chi connectivity index (χ0v) is 15.6. The van der Waals surface area contributed by atoms with Gasteiger partial charge in [0, 0.05) is 24.1 Å². The minimum atomic E-state index is 0.0105. The number of amides is 1. The van der Waals surface area contributed by atoms with Crippen molar-refractivity contribution < 1.29 is 4.79 Å². The van der Waals surface area contributed by atoms with Crippen LogP contribution in [0.3, 0.4) is 0 Å². The Balaban J connectivity index is 1.54. The van der Waals surface area contributed by atoms with Gasteiger partial charge in [0.15, 0.2) is 5.17 Å². The van der Waals surface area contributed by atoms with Gasteiger partial charge in [-0.05, 0) is 24.1 Å². The molecule has 1 aliphatic rings. The largest absolute Gasteiger partial charge is 0.356 e. The molecule has 0 saturated heterocycles. The Labute approximate surface area is 155 Å². The smallest absolute Gasteiger partial charge is 0.216 e. The molecule has 1 amide bonds. The first-order chi connectivity index (χ1) is 12.2. The summed E-state index contributed by atoms with van der Waals surface area (Å²) in [6.07, 6.45) is 0.849. The van der Waals surface area contributed by atoms with Crippen molar-refractivity contribution in [1.29, 1.82) is 0 Å². The Hall–Kier alpha value is -2.12. The molecule has 0 aliphatic carbocycles. The molecule has 0 atom stereocenters. The Bertz CT molecular complexity index is 783. The molecule has 2 heterocycles. The first-order valence-corrected chi connectivity index (χ1v) is 9.88. The SMILES string of the molecule is CC(=O)NCCc1ccc(C2=NNC(=NCc3ccccc3)SC2)s1. The summed E-state index contributed by atoms with van der Waals surface area (Å²) in [7, 11) is 0. The second kappa shape index (κ2) is 8.82. The normalized spacial score (nSPS) is 15.6. The number of thiophene rings is 1. The van der Waals surface area contributed by atoms with Crippen LogP contribution in [-0.2, 0) is 17.8 Å². The number of carbonyl (C=O) groups excluding carboxylic acids is 1. The van der Waals surface area contributed by atoms with Crippen LogP contribution >= 0.6 is 23.1 Å². The third-order valence-corrected chi connectivity index (χ3v) is 5.68. The van der Waals surface area contributed by atoms with Crippen LogP contribution < -0.4 is 10.7 Å². The van der Waals surface area contributed by atoms with Gasteiger partial charge in [0.2, 0.25) is 5.91 Å². The van der Waals surface area contributed by atoms with Gasteiger partial charge in [-0.2, -0.15) is 5.10 Å². The van der Waals surface area contributed by atoms with Gasteiger partial charge in [-0.1, -0.05) is 42.1 Å². The van der Waals surface area contributed by atoms with Gasteiger partial charge < -0.3 is 5.32 Å². The summed E-state index contributed by atoms with van der Waals surface area (Å²) in [5.74, 6) is 0.822. The maximum atomic E-state index is 10.9. The van der Waals surface area contributed by atoms with E-state index in [9.17, 15) is 4.79 Å². The van der Waals surface area contributed by atoms with Crippen LogP contribution in [0.4, 0.5) is 0 Å². The summed E-state index contributed by atoms with van der Waals surface area (Å²) in [4.78, 5) is 17.9. The van der Waals surface area contributed by atoms with E-state index in [1.807, 2.05) is 18.2 Å². The molecule has 0 unspecified atom stereocenters. The highest BCUT2D eigenvalue weighted by Crippen LogP contribution is 2.21. The van der Waals surface area contributed by atoms with Crippen LogP contribution in [0.15, 0.2) is 52.6 Å². The summed E-state index contributed by atoms with van der Waals surface area (Å²) in [5.41, 5.74) is 5.29. The van der Waals surface area contributed by atoms with E-state index in [1.54, 1.807) is 23.1 Å². The van der Waals surface area contributed by atoms with Gasteiger partial charge in [0.25, 0.3) is 0 Å². The maximum Gasteiger partial charge on any atom is 0.216 e. The van der Waals surface area contributed by atoms with E-state index in [0.29, 0.717) is 13.1 Å². The van der Waals surface area contributed by atoms with Crippen LogP contribution in [-0.4, -0.2) is 29.1 Å². The van der Waals surface area contributed by atoms with Gasteiger partial charge in [0.1, 0.15) is 0 Å². The van der Waals surface area contributed by atoms with E-state index in [1.165, 1.54) is 22.2 Å². The highest BCUT2D eigenvalue weighted by molar-refractivity contribution is 8.14. The molecular formula is C18H20N4OS2. The standard InChI is InChI=1S/C18H20N4OS2/c1-13(23)19-10-9-15-7-8-17(25-15)16-12-24-18(22-21-16)20-11-14-5-3-2-4-6-14/h2-8H,9-12H2,1H3,(H,19,23)(H,20,22). The molecule has 3 rings (SSSR count). The average Bonchev–Trinajstić information content (AvgIpc) is 3.10. The molecule has 2 N–H and O–H groups in total. The fraction of sp³-hybridized carbons (Fsp3) is 0.278. The highest BCUT2D eigenvalue weighted by Gasteiger charge is 2.14. The third kappa shape index (κ3) is 5.44. The highest BCUT2D eigenvalue weighted by atomic mass is 32.2. The number of rotatable bonds is 6. The molecule has 25 heavy (non-hydrogen) atoms. The van der Waals surface area contributed by atoms with E-state index >= 15 is 0 Å². The Morgan fingerprint density at radius 1 is 1.28 bits per heavy atom. The monoisotopic (exact) mass is 372 g/mol. The van der Waals surface area contributed by atoms with Gasteiger partial charge in [-0.25, -0.2) is 0 Å². The number of hydrazone groups is 1. The van der Waals surface area contributed by atoms with Crippen molar-refractivity contribution in [2.75, 3.05) is 12.3 Å². The number of nitrogens with zero attached hydrogens (tertiary/aromatic N) is 2. The number of amidine groups is 1. The zero-order chi connectivity index (χ0) is 17.5. The fourth-order valence-electron chi connectivity index (χ4n) is 2.30. The minimum absolute atomic E-state index is 0.0105. The average molecular weight is 373 g/mol. The lowest BCUT2D eigenvalue weighted by Crippen LogP contribution is -2.25. The number of benzene rings is 1. The van der Waals surface area contributed by atoms with Crippen molar-refractivity contribution >= 4 is 39.9 Å². The van der Waals surface area contributed by atoms with Gasteiger partial charge in [-0.3, -0.25) is 15.2 Å². The molecule has 5 nitrogen and oxygen atoms in total. The Kier molecular flexibility index (Phi) is 6.25. The molecule has 7 heteroatoms. The van der Waals surface area contributed by atoms with E-state index in [0.717, 1.165) is 23.1 Å².